The standard InChI is InChI=1S/C16H25N5S.2C4H4O4/c1-19-8-10-21(11-9-19)16-17-13-5-4-12-22-14(13)15(18-16)20-6-2-3-7-20;2*5-3(6)1-2-4(7)8/h2-12H2,1H3;2*1-2H,(H,5,6)(H,7,8)/b;2*2-1-. The highest BCUT2D eigenvalue weighted by atomic mass is 32.2. The number of anilines is 2. The van der Waals surface area contributed by atoms with E-state index in [2.05, 4.69) is 21.7 Å². The average Bonchev–Trinajstić information content (AvgIpc) is 3.42. The topological polar surface area (TPSA) is 185 Å². The summed E-state index contributed by atoms with van der Waals surface area (Å²) in [5.74, 6) is -1.62. The van der Waals surface area contributed by atoms with E-state index < -0.39 is 23.9 Å². The van der Waals surface area contributed by atoms with Gasteiger partial charge in [-0.2, -0.15) is 4.98 Å². The van der Waals surface area contributed by atoms with Crippen LogP contribution in [0.5, 0.6) is 0 Å². The van der Waals surface area contributed by atoms with Crippen LogP contribution in [0.15, 0.2) is 29.2 Å². The summed E-state index contributed by atoms with van der Waals surface area (Å²) < 4.78 is 0. The molecule has 2 fully saturated rings. The monoisotopic (exact) mass is 551 g/mol. The lowest BCUT2D eigenvalue weighted by atomic mass is 10.2. The zero-order valence-corrected chi connectivity index (χ0v) is 22.0. The van der Waals surface area contributed by atoms with Gasteiger partial charge >= 0.3 is 23.9 Å². The Balaban J connectivity index is 0.000000264. The molecule has 0 spiro atoms. The lowest BCUT2D eigenvalue weighted by Gasteiger charge is -2.34. The Hall–Kier alpha value is -3.65. The van der Waals surface area contributed by atoms with E-state index in [-0.39, 0.29) is 0 Å². The van der Waals surface area contributed by atoms with Gasteiger partial charge in [0.05, 0.1) is 10.6 Å². The number of carboxylic acids is 4. The summed E-state index contributed by atoms with van der Waals surface area (Å²) in [4.78, 5) is 56.8. The Morgan fingerprint density at radius 1 is 0.711 bits per heavy atom. The summed E-state index contributed by atoms with van der Waals surface area (Å²) in [6.07, 6.45) is 7.19. The molecule has 14 heteroatoms. The molecule has 3 aliphatic rings. The van der Waals surface area contributed by atoms with E-state index in [4.69, 9.17) is 30.4 Å². The smallest absolute Gasteiger partial charge is 0.328 e. The van der Waals surface area contributed by atoms with Crippen LogP contribution in [0.1, 0.15) is 25.0 Å². The number of rotatable bonds is 6. The van der Waals surface area contributed by atoms with E-state index in [0.717, 1.165) is 51.6 Å². The minimum absolute atomic E-state index is 0.558. The quantitative estimate of drug-likeness (QED) is 0.371. The van der Waals surface area contributed by atoms with Gasteiger partial charge in [-0.15, -0.1) is 11.8 Å². The Morgan fingerprint density at radius 2 is 1.21 bits per heavy atom. The fraction of sp³-hybridized carbons (Fsp3) is 0.500. The summed E-state index contributed by atoms with van der Waals surface area (Å²) in [7, 11) is 2.19. The Morgan fingerprint density at radius 3 is 1.68 bits per heavy atom. The molecule has 0 radical (unpaired) electrons. The molecule has 0 bridgehead atoms. The second-order valence-corrected chi connectivity index (χ2v) is 9.68. The molecule has 1 aromatic rings. The maximum absolute atomic E-state index is 9.55. The molecular formula is C24H33N5O8S. The molecule has 3 aliphatic heterocycles. The van der Waals surface area contributed by atoms with Crippen LogP contribution in [0.25, 0.3) is 0 Å². The number of likely N-dealkylation sites (N-methyl/N-ethyl adjacent to an activating group) is 1. The van der Waals surface area contributed by atoms with Crippen molar-refractivity contribution < 1.29 is 39.6 Å². The fourth-order valence-corrected chi connectivity index (χ4v) is 4.89. The highest BCUT2D eigenvalue weighted by Crippen LogP contribution is 2.38. The van der Waals surface area contributed by atoms with Crippen LogP contribution in [0.3, 0.4) is 0 Å². The summed E-state index contributed by atoms with van der Waals surface area (Å²) in [5.41, 5.74) is 1.29. The van der Waals surface area contributed by atoms with Crippen molar-refractivity contribution in [2.24, 2.45) is 0 Å². The number of hydrogen-bond acceptors (Lipinski definition) is 10. The predicted octanol–water partition coefficient (Wildman–Crippen LogP) is 1.29. The number of aryl methyl sites for hydroxylation is 1. The van der Waals surface area contributed by atoms with Crippen molar-refractivity contribution >= 4 is 47.4 Å². The Bertz CT molecular complexity index is 984. The van der Waals surface area contributed by atoms with Crippen molar-refractivity contribution in [3.63, 3.8) is 0 Å². The number of fused-ring (bicyclic) bond motifs is 1. The molecule has 2 saturated heterocycles. The molecule has 4 rings (SSSR count). The third-order valence-electron chi connectivity index (χ3n) is 5.64. The van der Waals surface area contributed by atoms with Crippen molar-refractivity contribution in [3.8, 4) is 0 Å². The molecule has 38 heavy (non-hydrogen) atoms. The van der Waals surface area contributed by atoms with Crippen molar-refractivity contribution in [1.82, 2.24) is 14.9 Å². The van der Waals surface area contributed by atoms with Crippen LogP contribution in [-0.2, 0) is 25.6 Å². The maximum Gasteiger partial charge on any atom is 0.328 e. The molecule has 0 aliphatic carbocycles. The molecule has 4 heterocycles. The molecule has 1 aromatic heterocycles. The van der Waals surface area contributed by atoms with Crippen LogP contribution in [0.4, 0.5) is 11.8 Å². The number of nitrogens with zero attached hydrogens (tertiary/aromatic N) is 5. The van der Waals surface area contributed by atoms with Gasteiger partial charge in [0.1, 0.15) is 5.82 Å². The van der Waals surface area contributed by atoms with Gasteiger partial charge in [-0.3, -0.25) is 0 Å². The van der Waals surface area contributed by atoms with Gasteiger partial charge in [-0.05, 0) is 38.5 Å². The lowest BCUT2D eigenvalue weighted by Crippen LogP contribution is -2.45. The van der Waals surface area contributed by atoms with Crippen LogP contribution >= 0.6 is 11.8 Å². The number of piperazine rings is 1. The largest absolute Gasteiger partial charge is 0.478 e. The normalized spacial score (nSPS) is 17.3. The van der Waals surface area contributed by atoms with Gasteiger partial charge in [0, 0.05) is 63.6 Å². The van der Waals surface area contributed by atoms with Crippen molar-refractivity contribution in [3.05, 3.63) is 30.0 Å². The Labute approximate surface area is 224 Å². The van der Waals surface area contributed by atoms with Gasteiger partial charge in [-0.25, -0.2) is 24.2 Å². The molecule has 208 valence electrons. The molecule has 0 saturated carbocycles. The summed E-state index contributed by atoms with van der Waals surface area (Å²) in [5, 5.41) is 31.2. The first kappa shape index (κ1) is 30.6. The van der Waals surface area contributed by atoms with Gasteiger partial charge in [0.2, 0.25) is 5.95 Å². The maximum atomic E-state index is 9.55. The Kier molecular flexibility index (Phi) is 12.5. The molecule has 0 amide bonds. The van der Waals surface area contributed by atoms with Gasteiger partial charge in [0.15, 0.2) is 0 Å². The summed E-state index contributed by atoms with van der Waals surface area (Å²) in [6.45, 7) is 6.62. The van der Waals surface area contributed by atoms with Gasteiger partial charge < -0.3 is 35.1 Å². The SMILES string of the molecule is CN1CCN(c2nc3c(c(N4CCCC4)n2)SCCC3)CC1.O=C(O)/C=C\C(=O)O.O=C(O)/C=C\C(=O)O. The van der Waals surface area contributed by atoms with E-state index in [1.165, 1.54) is 41.4 Å². The third kappa shape index (κ3) is 10.8. The second kappa shape index (κ2) is 15.6. The predicted molar refractivity (Wildman–Crippen MR) is 141 cm³/mol. The first-order valence-electron chi connectivity index (χ1n) is 12.1. The number of aliphatic carboxylic acids is 4. The van der Waals surface area contributed by atoms with E-state index >= 15 is 0 Å². The number of hydrogen-bond donors (Lipinski definition) is 4. The summed E-state index contributed by atoms with van der Waals surface area (Å²) in [6, 6.07) is 0. The van der Waals surface area contributed by atoms with Crippen LogP contribution in [0.2, 0.25) is 0 Å². The van der Waals surface area contributed by atoms with E-state index in [0.29, 0.717) is 24.3 Å². The van der Waals surface area contributed by atoms with Crippen LogP contribution in [0, 0.1) is 0 Å². The number of carbonyl (C=O) groups is 4. The van der Waals surface area contributed by atoms with E-state index in [1.807, 2.05) is 11.8 Å². The minimum atomic E-state index is -1.26. The van der Waals surface area contributed by atoms with E-state index in [9.17, 15) is 19.2 Å². The first-order chi connectivity index (χ1) is 18.1. The molecular weight excluding hydrogens is 518 g/mol. The first-order valence-corrected chi connectivity index (χ1v) is 13.1. The lowest BCUT2D eigenvalue weighted by molar-refractivity contribution is -0.134. The van der Waals surface area contributed by atoms with Crippen molar-refractivity contribution in [2.45, 2.75) is 30.6 Å². The highest BCUT2D eigenvalue weighted by Gasteiger charge is 2.26. The zero-order valence-electron chi connectivity index (χ0n) is 21.2. The molecule has 0 unspecified atom stereocenters. The van der Waals surface area contributed by atoms with Crippen LogP contribution < -0.4 is 9.80 Å². The number of thioether (sulfide) groups is 1. The third-order valence-corrected chi connectivity index (χ3v) is 6.84. The minimum Gasteiger partial charge on any atom is -0.478 e. The molecule has 0 aromatic carbocycles. The van der Waals surface area contributed by atoms with Gasteiger partial charge in [0.25, 0.3) is 0 Å². The number of carboxylic acid groups (broad SMARTS) is 4. The number of aromatic nitrogens is 2. The van der Waals surface area contributed by atoms with Crippen LogP contribution in [-0.4, -0.2) is 111 Å². The molecule has 13 nitrogen and oxygen atoms in total. The van der Waals surface area contributed by atoms with E-state index in [1.54, 1.807) is 0 Å². The molecule has 4 N–H and O–H groups in total. The van der Waals surface area contributed by atoms with Crippen molar-refractivity contribution in [1.29, 1.82) is 0 Å². The fourth-order valence-electron chi connectivity index (χ4n) is 3.78. The second-order valence-electron chi connectivity index (χ2n) is 8.58. The highest BCUT2D eigenvalue weighted by molar-refractivity contribution is 7.99. The molecule has 0 atom stereocenters. The van der Waals surface area contributed by atoms with Crippen molar-refractivity contribution in [2.75, 3.05) is 61.9 Å². The average molecular weight is 552 g/mol. The summed E-state index contributed by atoms with van der Waals surface area (Å²) >= 11 is 1.96. The zero-order chi connectivity index (χ0) is 28.1. The van der Waals surface area contributed by atoms with Gasteiger partial charge in [-0.1, -0.05) is 0 Å².